The molecule has 1 heterocycles. The first kappa shape index (κ1) is 24.1. The standard InChI is InChI=1S/C24H23NO7S/c1-30-16-17-32-21-10-6-18(7-11-21)19-8-12-22(13-9-19)33(28,29)24(25,23(26)27)14-2-4-20-5-3-15-31-20/h3,5-13,15H,14,16-17,25H2,1H3,(H,26,27). The fourth-order valence-electron chi connectivity index (χ4n) is 2.92. The van der Waals surface area contributed by atoms with Crippen molar-refractivity contribution in [2.24, 2.45) is 5.73 Å². The zero-order chi connectivity index (χ0) is 23.9. The largest absolute Gasteiger partial charge is 0.491 e. The maximum absolute atomic E-state index is 13.1. The molecule has 1 unspecified atom stereocenters. The Hall–Kier alpha value is -3.58. The number of carbonyl (C=O) groups is 1. The Morgan fingerprint density at radius 1 is 1.06 bits per heavy atom. The Morgan fingerprint density at radius 3 is 2.24 bits per heavy atom. The molecule has 33 heavy (non-hydrogen) atoms. The number of carboxylic acids is 1. The van der Waals surface area contributed by atoms with E-state index in [4.69, 9.17) is 19.6 Å². The highest BCUT2D eigenvalue weighted by molar-refractivity contribution is 7.93. The molecule has 3 N–H and O–H groups in total. The number of nitrogens with two attached hydrogens (primary N) is 1. The maximum Gasteiger partial charge on any atom is 0.340 e. The van der Waals surface area contributed by atoms with Gasteiger partial charge in [0.2, 0.25) is 14.7 Å². The first-order valence-corrected chi connectivity index (χ1v) is 11.4. The number of methoxy groups -OCH3 is 1. The molecule has 0 amide bonds. The number of benzene rings is 2. The number of aliphatic carboxylic acids is 1. The van der Waals surface area contributed by atoms with Gasteiger partial charge in [0.25, 0.3) is 0 Å². The summed E-state index contributed by atoms with van der Waals surface area (Å²) in [5.41, 5.74) is 7.44. The molecule has 172 valence electrons. The van der Waals surface area contributed by atoms with Gasteiger partial charge in [-0.15, -0.1) is 0 Å². The Kier molecular flexibility index (Phi) is 7.55. The highest BCUT2D eigenvalue weighted by Gasteiger charge is 2.48. The number of carboxylic acid groups (broad SMARTS) is 1. The van der Waals surface area contributed by atoms with Gasteiger partial charge in [-0.2, -0.15) is 0 Å². The number of hydrogen-bond donors (Lipinski definition) is 2. The molecule has 0 saturated carbocycles. The molecule has 3 rings (SSSR count). The molecular formula is C24H23NO7S. The van der Waals surface area contributed by atoms with E-state index >= 15 is 0 Å². The lowest BCUT2D eigenvalue weighted by Crippen LogP contribution is -2.54. The molecule has 0 aliphatic heterocycles. The minimum atomic E-state index is -4.45. The van der Waals surface area contributed by atoms with Gasteiger partial charge in [0, 0.05) is 7.11 Å². The van der Waals surface area contributed by atoms with E-state index in [1.54, 1.807) is 43.5 Å². The normalized spacial score (nSPS) is 12.9. The van der Waals surface area contributed by atoms with E-state index in [0.717, 1.165) is 11.1 Å². The summed E-state index contributed by atoms with van der Waals surface area (Å²) < 4.78 is 41.7. The van der Waals surface area contributed by atoms with Crippen LogP contribution in [0.4, 0.5) is 0 Å². The van der Waals surface area contributed by atoms with Gasteiger partial charge in [-0.25, -0.2) is 13.2 Å². The summed E-state index contributed by atoms with van der Waals surface area (Å²) in [6.07, 6.45) is 0.787. The minimum absolute atomic E-state index is 0.213. The molecule has 0 radical (unpaired) electrons. The summed E-state index contributed by atoms with van der Waals surface area (Å²) in [6, 6.07) is 16.3. The quantitative estimate of drug-likeness (QED) is 0.362. The van der Waals surface area contributed by atoms with E-state index in [9.17, 15) is 18.3 Å². The van der Waals surface area contributed by atoms with Crippen LogP contribution in [0.25, 0.3) is 11.1 Å². The molecule has 0 spiro atoms. The molecule has 0 saturated heterocycles. The second-order valence-corrected chi connectivity index (χ2v) is 9.25. The van der Waals surface area contributed by atoms with E-state index in [-0.39, 0.29) is 10.7 Å². The third kappa shape index (κ3) is 5.43. The summed E-state index contributed by atoms with van der Waals surface area (Å²) in [5, 5.41) is 9.61. The lowest BCUT2D eigenvalue weighted by molar-refractivity contribution is -0.139. The van der Waals surface area contributed by atoms with E-state index in [1.807, 2.05) is 12.1 Å². The van der Waals surface area contributed by atoms with E-state index in [1.165, 1.54) is 18.4 Å². The van der Waals surface area contributed by atoms with Crippen LogP contribution >= 0.6 is 0 Å². The van der Waals surface area contributed by atoms with Gasteiger partial charge in [-0.05, 0) is 53.4 Å². The lowest BCUT2D eigenvalue weighted by atomic mass is 10.1. The van der Waals surface area contributed by atoms with Crippen molar-refractivity contribution in [3.05, 3.63) is 72.7 Å². The molecule has 0 aliphatic rings. The highest BCUT2D eigenvalue weighted by Crippen LogP contribution is 2.28. The smallest absolute Gasteiger partial charge is 0.340 e. The van der Waals surface area contributed by atoms with Crippen LogP contribution in [0.15, 0.2) is 76.2 Å². The summed E-state index contributed by atoms with van der Waals surface area (Å²) in [7, 11) is -2.85. The second-order valence-electron chi connectivity index (χ2n) is 7.04. The molecule has 1 atom stereocenters. The molecule has 3 aromatic rings. The fraction of sp³-hybridized carbons (Fsp3) is 0.208. The summed E-state index contributed by atoms with van der Waals surface area (Å²) in [5.74, 6) is 4.33. The molecule has 0 aliphatic carbocycles. The van der Waals surface area contributed by atoms with E-state index in [0.29, 0.717) is 19.0 Å². The van der Waals surface area contributed by atoms with Crippen molar-refractivity contribution in [3.63, 3.8) is 0 Å². The van der Waals surface area contributed by atoms with Crippen molar-refractivity contribution < 1.29 is 32.2 Å². The van der Waals surface area contributed by atoms with Crippen molar-refractivity contribution >= 4 is 15.8 Å². The van der Waals surface area contributed by atoms with Gasteiger partial charge in [0.05, 0.1) is 24.2 Å². The second kappa shape index (κ2) is 10.4. The van der Waals surface area contributed by atoms with Crippen molar-refractivity contribution in [3.8, 4) is 28.7 Å². The average molecular weight is 470 g/mol. The van der Waals surface area contributed by atoms with E-state index in [2.05, 4.69) is 11.8 Å². The van der Waals surface area contributed by atoms with Crippen LogP contribution in [0.5, 0.6) is 5.75 Å². The van der Waals surface area contributed by atoms with Crippen LogP contribution in [0.1, 0.15) is 12.2 Å². The number of furan rings is 1. The van der Waals surface area contributed by atoms with Gasteiger partial charge >= 0.3 is 5.97 Å². The molecule has 8 nitrogen and oxygen atoms in total. The van der Waals surface area contributed by atoms with Crippen LogP contribution in [0, 0.1) is 11.8 Å². The van der Waals surface area contributed by atoms with Gasteiger partial charge in [0.1, 0.15) is 12.4 Å². The molecule has 1 aromatic heterocycles. The van der Waals surface area contributed by atoms with Crippen molar-refractivity contribution in [1.82, 2.24) is 0 Å². The average Bonchev–Trinajstić information content (AvgIpc) is 3.33. The monoisotopic (exact) mass is 469 g/mol. The Bertz CT molecular complexity index is 1240. The molecule has 0 fully saturated rings. The summed E-state index contributed by atoms with van der Waals surface area (Å²) >= 11 is 0. The van der Waals surface area contributed by atoms with Crippen molar-refractivity contribution in [1.29, 1.82) is 0 Å². The first-order chi connectivity index (χ1) is 15.8. The maximum atomic E-state index is 13.1. The first-order valence-electron chi connectivity index (χ1n) is 9.89. The minimum Gasteiger partial charge on any atom is -0.491 e. The SMILES string of the molecule is COCCOc1ccc(-c2ccc(S(=O)(=O)C(N)(CC#Cc3ccco3)C(=O)O)cc2)cc1. The number of ether oxygens (including phenoxy) is 2. The Balaban J connectivity index is 1.80. The third-order valence-electron chi connectivity index (χ3n) is 4.83. The van der Waals surface area contributed by atoms with Crippen LogP contribution < -0.4 is 10.5 Å². The lowest BCUT2D eigenvalue weighted by Gasteiger charge is -2.22. The van der Waals surface area contributed by atoms with Crippen molar-refractivity contribution in [2.45, 2.75) is 16.2 Å². The number of sulfone groups is 1. The van der Waals surface area contributed by atoms with E-state index < -0.39 is 27.1 Å². The predicted molar refractivity (Wildman–Crippen MR) is 121 cm³/mol. The topological polar surface area (TPSA) is 129 Å². The number of rotatable bonds is 9. The fourth-order valence-corrected chi connectivity index (χ4v) is 4.33. The third-order valence-corrected chi connectivity index (χ3v) is 7.00. The zero-order valence-corrected chi connectivity index (χ0v) is 18.7. The molecule has 9 heteroatoms. The Labute approximate surface area is 191 Å². The van der Waals surface area contributed by atoms with Crippen LogP contribution in [0.2, 0.25) is 0 Å². The zero-order valence-electron chi connectivity index (χ0n) is 17.9. The van der Waals surface area contributed by atoms with Crippen LogP contribution in [0.3, 0.4) is 0 Å². The van der Waals surface area contributed by atoms with Gasteiger partial charge in [-0.1, -0.05) is 30.2 Å². The summed E-state index contributed by atoms with van der Waals surface area (Å²) in [6.45, 7) is 0.907. The Morgan fingerprint density at radius 2 is 1.70 bits per heavy atom. The van der Waals surface area contributed by atoms with Gasteiger partial charge in [0.15, 0.2) is 5.76 Å². The molecule has 2 aromatic carbocycles. The van der Waals surface area contributed by atoms with Gasteiger partial charge < -0.3 is 24.7 Å². The highest BCUT2D eigenvalue weighted by atomic mass is 32.2. The van der Waals surface area contributed by atoms with Crippen LogP contribution in [-0.2, 0) is 19.4 Å². The van der Waals surface area contributed by atoms with Crippen molar-refractivity contribution in [2.75, 3.05) is 20.3 Å². The van der Waals surface area contributed by atoms with Gasteiger partial charge in [-0.3, -0.25) is 0 Å². The predicted octanol–water partition coefficient (Wildman–Crippen LogP) is 2.93. The molecule has 0 bridgehead atoms. The number of hydrogen-bond acceptors (Lipinski definition) is 7. The van der Waals surface area contributed by atoms with Crippen LogP contribution in [-0.4, -0.2) is 44.7 Å². The molecular weight excluding hydrogens is 446 g/mol. The summed E-state index contributed by atoms with van der Waals surface area (Å²) in [4.78, 5) is 9.00.